The standard InChI is InChI=1S/C25H35N7O4/c1-5-32-20(13-17(4)29-32)24(34)28-25-27-19-14-18(23(26)33)15-21(36-16(2)3)22(19)31(25)8-6-7-30-9-11-35-12-10-30/h13-16H,5-12H2,1-4H3,(H2,26,33)(H,27,28,34). The number of amides is 2. The minimum atomic E-state index is -0.569. The zero-order chi connectivity index (χ0) is 25.8. The number of benzene rings is 1. The van der Waals surface area contributed by atoms with Gasteiger partial charge in [0, 0.05) is 38.3 Å². The van der Waals surface area contributed by atoms with Gasteiger partial charge >= 0.3 is 0 Å². The van der Waals surface area contributed by atoms with Gasteiger partial charge in [0.25, 0.3) is 5.91 Å². The molecule has 0 aliphatic carbocycles. The fourth-order valence-electron chi connectivity index (χ4n) is 4.44. The molecule has 1 fully saturated rings. The van der Waals surface area contributed by atoms with E-state index in [1.54, 1.807) is 22.9 Å². The molecule has 3 aromatic rings. The summed E-state index contributed by atoms with van der Waals surface area (Å²) in [6.07, 6.45) is 0.701. The monoisotopic (exact) mass is 497 g/mol. The Bertz CT molecular complexity index is 1240. The molecule has 3 N–H and O–H groups in total. The molecule has 0 bridgehead atoms. The minimum Gasteiger partial charge on any atom is -0.489 e. The highest BCUT2D eigenvalue weighted by Gasteiger charge is 2.22. The third-order valence-electron chi connectivity index (χ3n) is 6.07. The van der Waals surface area contributed by atoms with Gasteiger partial charge in [-0.2, -0.15) is 5.10 Å². The molecule has 1 aromatic carbocycles. The van der Waals surface area contributed by atoms with Crippen LogP contribution in [0.1, 0.15) is 53.7 Å². The Kier molecular flexibility index (Phi) is 7.90. The summed E-state index contributed by atoms with van der Waals surface area (Å²) in [5, 5.41) is 7.35. The molecule has 0 unspecified atom stereocenters. The van der Waals surface area contributed by atoms with Crippen molar-refractivity contribution in [3.63, 3.8) is 0 Å². The summed E-state index contributed by atoms with van der Waals surface area (Å²) in [5.41, 5.74) is 8.34. The molecule has 0 spiro atoms. The molecular formula is C25H35N7O4. The second kappa shape index (κ2) is 11.1. The fraction of sp³-hybridized carbons (Fsp3) is 0.520. The van der Waals surface area contributed by atoms with Crippen LogP contribution in [0.15, 0.2) is 18.2 Å². The molecule has 3 heterocycles. The lowest BCUT2D eigenvalue weighted by Gasteiger charge is -2.26. The molecule has 1 aliphatic rings. The number of hydrogen-bond donors (Lipinski definition) is 2. The number of hydrogen-bond acceptors (Lipinski definition) is 7. The number of rotatable bonds is 10. The van der Waals surface area contributed by atoms with Crippen LogP contribution >= 0.6 is 0 Å². The van der Waals surface area contributed by atoms with Gasteiger partial charge in [0.05, 0.1) is 30.5 Å². The highest BCUT2D eigenvalue weighted by atomic mass is 16.5. The van der Waals surface area contributed by atoms with E-state index in [2.05, 4.69) is 15.3 Å². The zero-order valence-corrected chi connectivity index (χ0v) is 21.4. The minimum absolute atomic E-state index is 0.132. The van der Waals surface area contributed by atoms with Gasteiger partial charge in [-0.15, -0.1) is 0 Å². The van der Waals surface area contributed by atoms with Crippen molar-refractivity contribution in [2.24, 2.45) is 5.73 Å². The number of morpholine rings is 1. The molecule has 2 amide bonds. The molecular weight excluding hydrogens is 462 g/mol. The summed E-state index contributed by atoms with van der Waals surface area (Å²) in [5.74, 6) is 0.0164. The lowest BCUT2D eigenvalue weighted by Crippen LogP contribution is -2.37. The SMILES string of the molecule is CCn1nc(C)cc1C(=O)Nc1nc2cc(C(N)=O)cc(OC(C)C)c2n1CCCN1CCOCC1. The number of carbonyl (C=O) groups excluding carboxylic acids is 2. The largest absolute Gasteiger partial charge is 0.489 e. The van der Waals surface area contributed by atoms with Gasteiger partial charge in [0.15, 0.2) is 0 Å². The first-order chi connectivity index (χ1) is 17.3. The van der Waals surface area contributed by atoms with Gasteiger partial charge < -0.3 is 19.8 Å². The van der Waals surface area contributed by atoms with Crippen LogP contribution in [0.25, 0.3) is 11.0 Å². The van der Waals surface area contributed by atoms with Crippen molar-refractivity contribution in [1.29, 1.82) is 0 Å². The molecule has 36 heavy (non-hydrogen) atoms. The van der Waals surface area contributed by atoms with Crippen LogP contribution < -0.4 is 15.8 Å². The molecule has 0 radical (unpaired) electrons. The maximum atomic E-state index is 13.2. The second-order valence-electron chi connectivity index (χ2n) is 9.21. The van der Waals surface area contributed by atoms with Crippen LogP contribution in [0.4, 0.5) is 5.95 Å². The van der Waals surface area contributed by atoms with E-state index in [0.717, 1.165) is 45.0 Å². The van der Waals surface area contributed by atoms with Crippen molar-refractivity contribution in [2.45, 2.75) is 53.3 Å². The number of imidazole rings is 1. The lowest BCUT2D eigenvalue weighted by molar-refractivity contribution is 0.0370. The first kappa shape index (κ1) is 25.6. The first-order valence-corrected chi connectivity index (χ1v) is 12.4. The molecule has 0 atom stereocenters. The topological polar surface area (TPSA) is 130 Å². The molecule has 11 heteroatoms. The van der Waals surface area contributed by atoms with Crippen LogP contribution in [0.2, 0.25) is 0 Å². The summed E-state index contributed by atoms with van der Waals surface area (Å²) < 4.78 is 15.1. The van der Waals surface area contributed by atoms with Gasteiger partial charge in [-0.05, 0) is 52.3 Å². The number of anilines is 1. The Labute approximate surface area is 210 Å². The maximum absolute atomic E-state index is 13.2. The Morgan fingerprint density at radius 3 is 2.61 bits per heavy atom. The van der Waals surface area contributed by atoms with Crippen LogP contribution in [-0.4, -0.2) is 75.0 Å². The molecule has 4 rings (SSSR count). The Balaban J connectivity index is 1.72. The highest BCUT2D eigenvalue weighted by Crippen LogP contribution is 2.32. The molecule has 0 saturated carbocycles. The van der Waals surface area contributed by atoms with E-state index in [4.69, 9.17) is 20.2 Å². The van der Waals surface area contributed by atoms with Crippen LogP contribution in [0.3, 0.4) is 0 Å². The van der Waals surface area contributed by atoms with Crippen molar-refractivity contribution >= 4 is 28.8 Å². The van der Waals surface area contributed by atoms with Gasteiger partial charge in [-0.1, -0.05) is 0 Å². The predicted octanol–water partition coefficient (Wildman–Crippen LogP) is 2.42. The van der Waals surface area contributed by atoms with Gasteiger partial charge in [0.1, 0.15) is 17.0 Å². The van der Waals surface area contributed by atoms with Crippen molar-refractivity contribution < 1.29 is 19.1 Å². The number of primary amides is 1. The van der Waals surface area contributed by atoms with Gasteiger partial charge in [-0.3, -0.25) is 24.5 Å². The van der Waals surface area contributed by atoms with Crippen LogP contribution in [0, 0.1) is 6.92 Å². The number of nitrogens with zero attached hydrogens (tertiary/aromatic N) is 5. The third kappa shape index (κ3) is 5.68. The summed E-state index contributed by atoms with van der Waals surface area (Å²) in [7, 11) is 0. The van der Waals surface area contributed by atoms with Crippen molar-refractivity contribution in [1.82, 2.24) is 24.2 Å². The van der Waals surface area contributed by atoms with Gasteiger partial charge in [0.2, 0.25) is 11.9 Å². The first-order valence-electron chi connectivity index (χ1n) is 12.4. The van der Waals surface area contributed by atoms with E-state index < -0.39 is 5.91 Å². The summed E-state index contributed by atoms with van der Waals surface area (Å²) in [6, 6.07) is 5.04. The van der Waals surface area contributed by atoms with Crippen LogP contribution in [0.5, 0.6) is 5.75 Å². The summed E-state index contributed by atoms with van der Waals surface area (Å²) >= 11 is 0. The number of aryl methyl sites for hydroxylation is 3. The van der Waals surface area contributed by atoms with E-state index >= 15 is 0 Å². The summed E-state index contributed by atoms with van der Waals surface area (Å²) in [6.45, 7) is 13.0. The quantitative estimate of drug-likeness (QED) is 0.440. The Morgan fingerprint density at radius 2 is 1.94 bits per heavy atom. The smallest absolute Gasteiger partial charge is 0.276 e. The number of fused-ring (bicyclic) bond motifs is 1. The Morgan fingerprint density at radius 1 is 1.19 bits per heavy atom. The number of nitrogens with one attached hydrogen (secondary N) is 1. The summed E-state index contributed by atoms with van der Waals surface area (Å²) in [4.78, 5) is 32.3. The normalized spacial score (nSPS) is 14.5. The molecule has 1 saturated heterocycles. The molecule has 194 valence electrons. The van der Waals surface area contributed by atoms with E-state index in [1.807, 2.05) is 32.3 Å². The van der Waals surface area contributed by atoms with E-state index in [-0.39, 0.29) is 12.0 Å². The number of ether oxygens (including phenoxy) is 2. The molecule has 11 nitrogen and oxygen atoms in total. The van der Waals surface area contributed by atoms with Crippen molar-refractivity contribution in [3.8, 4) is 5.75 Å². The van der Waals surface area contributed by atoms with Crippen LogP contribution in [-0.2, 0) is 17.8 Å². The predicted molar refractivity (Wildman–Crippen MR) is 136 cm³/mol. The zero-order valence-electron chi connectivity index (χ0n) is 21.4. The number of carbonyl (C=O) groups is 2. The molecule has 1 aliphatic heterocycles. The number of aromatic nitrogens is 4. The lowest BCUT2D eigenvalue weighted by atomic mass is 10.1. The average molecular weight is 498 g/mol. The van der Waals surface area contributed by atoms with Crippen molar-refractivity contribution in [2.75, 3.05) is 38.2 Å². The highest BCUT2D eigenvalue weighted by molar-refractivity contribution is 6.04. The Hall–Kier alpha value is -3.44. The van der Waals surface area contributed by atoms with E-state index in [1.165, 1.54) is 0 Å². The second-order valence-corrected chi connectivity index (χ2v) is 9.21. The van der Waals surface area contributed by atoms with Gasteiger partial charge in [-0.25, -0.2) is 4.98 Å². The van der Waals surface area contributed by atoms with Crippen molar-refractivity contribution in [3.05, 3.63) is 35.2 Å². The van der Waals surface area contributed by atoms with E-state index in [9.17, 15) is 9.59 Å². The molecule has 2 aromatic heterocycles. The maximum Gasteiger partial charge on any atom is 0.276 e. The average Bonchev–Trinajstić information content (AvgIpc) is 3.39. The fourth-order valence-corrected chi connectivity index (χ4v) is 4.44. The third-order valence-corrected chi connectivity index (χ3v) is 6.07. The van der Waals surface area contributed by atoms with E-state index in [0.29, 0.717) is 47.1 Å². The number of nitrogens with two attached hydrogens (primary N) is 1.